The first-order chi connectivity index (χ1) is 8.79. The number of hydrogen-bond acceptors (Lipinski definition) is 4. The molecule has 1 aliphatic carbocycles. The largest absolute Gasteiger partial charge is 0.308 e. The molecule has 0 radical (unpaired) electrons. The van der Waals surface area contributed by atoms with Crippen molar-refractivity contribution >= 4 is 0 Å². The molecule has 0 spiro atoms. The van der Waals surface area contributed by atoms with Gasteiger partial charge in [-0.15, -0.1) is 5.10 Å². The third kappa shape index (κ3) is 2.95. The van der Waals surface area contributed by atoms with Gasteiger partial charge in [0.1, 0.15) is 0 Å². The second-order valence-electron chi connectivity index (χ2n) is 4.90. The lowest BCUT2D eigenvalue weighted by Gasteiger charge is -1.98. The summed E-state index contributed by atoms with van der Waals surface area (Å²) in [6.07, 6.45) is 9.49. The molecule has 6 heteroatoms. The maximum Gasteiger partial charge on any atom is 0.0964 e. The predicted molar refractivity (Wildman–Crippen MR) is 66.8 cm³/mol. The second-order valence-corrected chi connectivity index (χ2v) is 4.90. The first kappa shape index (κ1) is 11.4. The van der Waals surface area contributed by atoms with E-state index in [0.717, 1.165) is 25.2 Å². The van der Waals surface area contributed by atoms with Gasteiger partial charge in [-0.05, 0) is 24.8 Å². The van der Waals surface area contributed by atoms with Crippen molar-refractivity contribution in [3.8, 4) is 0 Å². The molecule has 0 unspecified atom stereocenters. The highest BCUT2D eigenvalue weighted by Gasteiger charge is 2.20. The van der Waals surface area contributed by atoms with Gasteiger partial charge >= 0.3 is 0 Å². The highest BCUT2D eigenvalue weighted by Crippen LogP contribution is 2.18. The third-order valence-electron chi connectivity index (χ3n) is 3.12. The smallest absolute Gasteiger partial charge is 0.0964 e. The van der Waals surface area contributed by atoms with Gasteiger partial charge in [-0.2, -0.15) is 5.10 Å². The number of rotatable bonds is 6. The van der Waals surface area contributed by atoms with E-state index in [-0.39, 0.29) is 0 Å². The van der Waals surface area contributed by atoms with Crippen molar-refractivity contribution in [1.82, 2.24) is 30.1 Å². The van der Waals surface area contributed by atoms with E-state index in [9.17, 15) is 0 Å². The summed E-state index contributed by atoms with van der Waals surface area (Å²) in [4.78, 5) is 0. The lowest BCUT2D eigenvalue weighted by atomic mass is 10.2. The van der Waals surface area contributed by atoms with Gasteiger partial charge in [0.15, 0.2) is 0 Å². The number of aromatic nitrogens is 5. The van der Waals surface area contributed by atoms with Gasteiger partial charge in [0, 0.05) is 38.6 Å². The lowest BCUT2D eigenvalue weighted by molar-refractivity contribution is 0.588. The molecule has 1 fully saturated rings. The fraction of sp³-hybridized carbons (Fsp3) is 0.583. The molecule has 0 aromatic carbocycles. The summed E-state index contributed by atoms with van der Waals surface area (Å²) in [5, 5.41) is 15.9. The molecule has 2 heterocycles. The van der Waals surface area contributed by atoms with Crippen LogP contribution < -0.4 is 5.32 Å². The Hall–Kier alpha value is -1.69. The SMILES string of the molecule is Cn1cc(CCn2cc(CNC3CC3)nn2)cn1. The summed E-state index contributed by atoms with van der Waals surface area (Å²) in [6, 6.07) is 0.713. The van der Waals surface area contributed by atoms with Crippen LogP contribution in [-0.2, 0) is 26.6 Å². The van der Waals surface area contributed by atoms with E-state index in [4.69, 9.17) is 0 Å². The zero-order chi connectivity index (χ0) is 12.4. The Morgan fingerprint density at radius 2 is 2.28 bits per heavy atom. The minimum atomic E-state index is 0.713. The average molecular weight is 246 g/mol. The van der Waals surface area contributed by atoms with E-state index < -0.39 is 0 Å². The predicted octanol–water partition coefficient (Wildman–Crippen LogP) is 0.506. The summed E-state index contributed by atoms with van der Waals surface area (Å²) in [5.74, 6) is 0. The minimum Gasteiger partial charge on any atom is -0.308 e. The summed E-state index contributed by atoms with van der Waals surface area (Å²) in [6.45, 7) is 1.68. The van der Waals surface area contributed by atoms with Crippen LogP contribution in [0.2, 0.25) is 0 Å². The molecule has 1 N–H and O–H groups in total. The van der Waals surface area contributed by atoms with Gasteiger partial charge in [0.05, 0.1) is 11.9 Å². The third-order valence-corrected chi connectivity index (χ3v) is 3.12. The zero-order valence-corrected chi connectivity index (χ0v) is 10.6. The molecule has 18 heavy (non-hydrogen) atoms. The van der Waals surface area contributed by atoms with Gasteiger partial charge in [-0.1, -0.05) is 5.21 Å². The van der Waals surface area contributed by atoms with Gasteiger partial charge in [0.2, 0.25) is 0 Å². The van der Waals surface area contributed by atoms with Crippen molar-refractivity contribution < 1.29 is 0 Å². The second kappa shape index (κ2) is 4.89. The molecule has 96 valence electrons. The van der Waals surface area contributed by atoms with Crippen LogP contribution in [0.3, 0.4) is 0 Å². The summed E-state index contributed by atoms with van der Waals surface area (Å²) >= 11 is 0. The van der Waals surface area contributed by atoms with Crippen LogP contribution in [0.25, 0.3) is 0 Å². The van der Waals surface area contributed by atoms with Crippen LogP contribution in [0.15, 0.2) is 18.6 Å². The highest BCUT2D eigenvalue weighted by molar-refractivity contribution is 5.03. The maximum atomic E-state index is 4.16. The molecule has 3 rings (SSSR count). The molecule has 0 amide bonds. The summed E-state index contributed by atoms with van der Waals surface area (Å²) < 4.78 is 3.72. The van der Waals surface area contributed by atoms with Crippen LogP contribution in [0.1, 0.15) is 24.1 Å². The Bertz CT molecular complexity index is 510. The first-order valence-corrected chi connectivity index (χ1v) is 6.39. The Morgan fingerprint density at radius 3 is 3.00 bits per heavy atom. The maximum absolute atomic E-state index is 4.16. The summed E-state index contributed by atoms with van der Waals surface area (Å²) in [5.41, 5.74) is 2.25. The molecule has 0 atom stereocenters. The van der Waals surface area contributed by atoms with E-state index in [2.05, 4.69) is 20.7 Å². The number of hydrogen-bond donors (Lipinski definition) is 1. The standard InChI is InChI=1S/C12H18N6/c1-17-8-10(6-14-17)4-5-18-9-12(15-16-18)7-13-11-2-3-11/h6,8-9,11,13H,2-5,7H2,1H3. The molecular formula is C12H18N6. The molecule has 1 saturated carbocycles. The van der Waals surface area contributed by atoms with Crippen LogP contribution in [-0.4, -0.2) is 30.8 Å². The van der Waals surface area contributed by atoms with Crippen LogP contribution >= 0.6 is 0 Å². The van der Waals surface area contributed by atoms with E-state index in [1.54, 1.807) is 0 Å². The normalized spacial score (nSPS) is 15.2. The van der Waals surface area contributed by atoms with Crippen LogP contribution in [0.5, 0.6) is 0 Å². The van der Waals surface area contributed by atoms with E-state index >= 15 is 0 Å². The fourth-order valence-corrected chi connectivity index (χ4v) is 1.91. The van der Waals surface area contributed by atoms with Crippen LogP contribution in [0, 0.1) is 0 Å². The van der Waals surface area contributed by atoms with Gasteiger partial charge in [-0.3, -0.25) is 9.36 Å². The van der Waals surface area contributed by atoms with Crippen molar-refractivity contribution in [2.24, 2.45) is 7.05 Å². The van der Waals surface area contributed by atoms with E-state index in [1.807, 2.05) is 35.0 Å². The molecule has 2 aromatic heterocycles. The number of nitrogens with one attached hydrogen (secondary N) is 1. The Labute approximate surface area is 106 Å². The number of nitrogens with zero attached hydrogens (tertiary/aromatic N) is 5. The summed E-state index contributed by atoms with van der Waals surface area (Å²) in [7, 11) is 1.93. The van der Waals surface area contributed by atoms with Crippen molar-refractivity contribution in [3.05, 3.63) is 29.8 Å². The van der Waals surface area contributed by atoms with Gasteiger partial charge in [-0.25, -0.2) is 0 Å². The van der Waals surface area contributed by atoms with Gasteiger partial charge in [0.25, 0.3) is 0 Å². The molecular weight excluding hydrogens is 228 g/mol. The van der Waals surface area contributed by atoms with Crippen molar-refractivity contribution in [3.63, 3.8) is 0 Å². The monoisotopic (exact) mass is 246 g/mol. The molecule has 0 aliphatic heterocycles. The lowest BCUT2D eigenvalue weighted by Crippen LogP contribution is -2.15. The zero-order valence-electron chi connectivity index (χ0n) is 10.6. The Balaban J connectivity index is 1.49. The van der Waals surface area contributed by atoms with Crippen molar-refractivity contribution in [2.45, 2.75) is 38.4 Å². The molecule has 2 aromatic rings. The molecule has 0 bridgehead atoms. The first-order valence-electron chi connectivity index (χ1n) is 6.39. The van der Waals surface area contributed by atoms with E-state index in [0.29, 0.717) is 6.04 Å². The quantitative estimate of drug-likeness (QED) is 0.806. The Kier molecular flexibility index (Phi) is 3.10. The molecule has 6 nitrogen and oxygen atoms in total. The Morgan fingerprint density at radius 1 is 1.39 bits per heavy atom. The minimum absolute atomic E-state index is 0.713. The number of aryl methyl sites for hydroxylation is 3. The highest BCUT2D eigenvalue weighted by atomic mass is 15.4. The topological polar surface area (TPSA) is 60.6 Å². The molecule has 1 aliphatic rings. The van der Waals surface area contributed by atoms with Gasteiger partial charge < -0.3 is 5.32 Å². The molecule has 0 saturated heterocycles. The van der Waals surface area contributed by atoms with Crippen molar-refractivity contribution in [1.29, 1.82) is 0 Å². The fourth-order valence-electron chi connectivity index (χ4n) is 1.91. The average Bonchev–Trinajstić information content (AvgIpc) is 2.93. The van der Waals surface area contributed by atoms with Crippen LogP contribution in [0.4, 0.5) is 0 Å². The van der Waals surface area contributed by atoms with Crippen molar-refractivity contribution in [2.75, 3.05) is 0 Å². The van der Waals surface area contributed by atoms with E-state index in [1.165, 1.54) is 18.4 Å².